The highest BCUT2D eigenvalue weighted by Crippen LogP contribution is 2.22. The third-order valence-corrected chi connectivity index (χ3v) is 5.38. The number of hydrogen-bond donors (Lipinski definition) is 2. The normalized spacial score (nSPS) is 11.8. The van der Waals surface area contributed by atoms with Crippen molar-refractivity contribution in [3.05, 3.63) is 71.1 Å². The van der Waals surface area contributed by atoms with E-state index in [1.54, 1.807) is 14.0 Å². The first kappa shape index (κ1) is 23.3. The smallest absolute Gasteiger partial charge is 0.254 e. The van der Waals surface area contributed by atoms with Crippen molar-refractivity contribution in [3.8, 4) is 0 Å². The molecule has 0 radical (unpaired) electrons. The molecule has 3 aromatic rings. The predicted octanol–water partition coefficient (Wildman–Crippen LogP) is 3.59. The Morgan fingerprint density at radius 2 is 1.75 bits per heavy atom. The van der Waals surface area contributed by atoms with Crippen LogP contribution in [-0.4, -0.2) is 32.3 Å². The lowest BCUT2D eigenvalue weighted by molar-refractivity contribution is -0.113. The lowest BCUT2D eigenvalue weighted by atomic mass is 10.2. The molecule has 1 atom stereocenters. The van der Waals surface area contributed by atoms with Crippen LogP contribution in [0.4, 0.5) is 23.2 Å². The molecule has 0 aliphatic rings. The van der Waals surface area contributed by atoms with E-state index in [0.717, 1.165) is 17.8 Å². The molecule has 0 bridgehead atoms. The number of thioether (sulfide) groups is 1. The second kappa shape index (κ2) is 9.81. The minimum Gasteiger partial charge on any atom is -0.342 e. The summed E-state index contributed by atoms with van der Waals surface area (Å²) in [5.74, 6) is -6.37. The Kier molecular flexibility index (Phi) is 7.13. The highest BCUT2D eigenvalue weighted by atomic mass is 32.2. The fraction of sp³-hybridized carbons (Fsp3) is 0.200. The van der Waals surface area contributed by atoms with Crippen LogP contribution in [0.3, 0.4) is 0 Å². The number of hydrogen-bond acceptors (Lipinski definition) is 5. The molecule has 0 saturated carbocycles. The fourth-order valence-electron chi connectivity index (χ4n) is 2.75. The summed E-state index contributed by atoms with van der Waals surface area (Å²) in [4.78, 5) is 24.3. The SMILES string of the molecule is C[C@@H](NC(=O)c1ccccc1F)c1nnc(SCC(=O)Nc2ccc(F)c(F)c2F)n1C. The number of anilines is 1. The molecule has 12 heteroatoms. The minimum absolute atomic E-state index is 0.114. The van der Waals surface area contributed by atoms with Gasteiger partial charge in [0.2, 0.25) is 5.91 Å². The number of amides is 2. The van der Waals surface area contributed by atoms with E-state index < -0.39 is 46.8 Å². The van der Waals surface area contributed by atoms with E-state index in [1.807, 2.05) is 0 Å². The maximum atomic E-state index is 13.8. The summed E-state index contributed by atoms with van der Waals surface area (Å²) in [7, 11) is 1.61. The number of halogens is 4. The lowest BCUT2D eigenvalue weighted by Crippen LogP contribution is -2.29. The van der Waals surface area contributed by atoms with Crippen LogP contribution in [0.5, 0.6) is 0 Å². The van der Waals surface area contributed by atoms with Gasteiger partial charge in [0, 0.05) is 7.05 Å². The van der Waals surface area contributed by atoms with Crippen LogP contribution in [0.15, 0.2) is 41.6 Å². The van der Waals surface area contributed by atoms with E-state index in [1.165, 1.54) is 28.8 Å². The van der Waals surface area contributed by atoms with Gasteiger partial charge in [-0.2, -0.15) is 0 Å². The molecule has 0 fully saturated rings. The van der Waals surface area contributed by atoms with E-state index >= 15 is 0 Å². The van der Waals surface area contributed by atoms with E-state index in [-0.39, 0.29) is 11.3 Å². The largest absolute Gasteiger partial charge is 0.342 e. The molecule has 0 spiro atoms. The third-order valence-electron chi connectivity index (χ3n) is 4.36. The molecular weight excluding hydrogens is 450 g/mol. The van der Waals surface area contributed by atoms with E-state index in [4.69, 9.17) is 0 Å². The van der Waals surface area contributed by atoms with Crippen LogP contribution < -0.4 is 10.6 Å². The van der Waals surface area contributed by atoms with Gasteiger partial charge in [0.1, 0.15) is 5.82 Å². The van der Waals surface area contributed by atoms with E-state index in [2.05, 4.69) is 20.8 Å². The van der Waals surface area contributed by atoms with Gasteiger partial charge < -0.3 is 15.2 Å². The highest BCUT2D eigenvalue weighted by molar-refractivity contribution is 7.99. The first-order chi connectivity index (χ1) is 15.2. The molecule has 1 heterocycles. The molecule has 0 unspecified atom stereocenters. The molecule has 0 aliphatic carbocycles. The minimum atomic E-state index is -1.68. The van der Waals surface area contributed by atoms with Crippen LogP contribution in [-0.2, 0) is 11.8 Å². The van der Waals surface area contributed by atoms with Crippen molar-refractivity contribution in [1.82, 2.24) is 20.1 Å². The van der Waals surface area contributed by atoms with Crippen molar-refractivity contribution in [3.63, 3.8) is 0 Å². The standard InChI is InChI=1S/C20H17F4N5O2S/c1-10(25-19(31)11-5-3-4-6-12(11)21)18-27-28-20(29(18)2)32-9-15(30)26-14-8-7-13(22)16(23)17(14)24/h3-8,10H,9H2,1-2H3,(H,25,31)(H,26,30)/t10-/m1/s1. The number of nitrogens with one attached hydrogen (secondary N) is 2. The number of carbonyl (C=O) groups is 2. The number of nitrogens with zero attached hydrogens (tertiary/aromatic N) is 3. The summed E-state index contributed by atoms with van der Waals surface area (Å²) in [5.41, 5.74) is -0.602. The van der Waals surface area contributed by atoms with Gasteiger partial charge in [0.15, 0.2) is 28.4 Å². The zero-order chi connectivity index (χ0) is 23.4. The van der Waals surface area contributed by atoms with Gasteiger partial charge in [-0.3, -0.25) is 9.59 Å². The van der Waals surface area contributed by atoms with Gasteiger partial charge in [-0.05, 0) is 31.2 Å². The fourth-order valence-corrected chi connectivity index (χ4v) is 3.47. The van der Waals surface area contributed by atoms with Crippen molar-refractivity contribution in [2.24, 2.45) is 7.05 Å². The summed E-state index contributed by atoms with van der Waals surface area (Å²) in [5, 5.41) is 13.0. The first-order valence-corrected chi connectivity index (χ1v) is 10.2. The zero-order valence-corrected chi connectivity index (χ0v) is 17.6. The van der Waals surface area contributed by atoms with Gasteiger partial charge in [0.25, 0.3) is 5.91 Å². The van der Waals surface area contributed by atoms with Gasteiger partial charge in [-0.25, -0.2) is 17.6 Å². The molecule has 0 saturated heterocycles. The monoisotopic (exact) mass is 467 g/mol. The Bertz CT molecular complexity index is 1170. The average Bonchev–Trinajstić information content (AvgIpc) is 3.13. The molecule has 3 rings (SSSR count). The lowest BCUT2D eigenvalue weighted by Gasteiger charge is -2.14. The number of carbonyl (C=O) groups excluding carboxylic acids is 2. The van der Waals surface area contributed by atoms with Crippen molar-refractivity contribution >= 4 is 29.3 Å². The van der Waals surface area contributed by atoms with Gasteiger partial charge in [-0.1, -0.05) is 23.9 Å². The summed E-state index contributed by atoms with van der Waals surface area (Å²) in [6.07, 6.45) is 0. The average molecular weight is 467 g/mol. The molecule has 7 nitrogen and oxygen atoms in total. The Hall–Kier alpha value is -3.41. The van der Waals surface area contributed by atoms with Crippen LogP contribution in [0.2, 0.25) is 0 Å². The van der Waals surface area contributed by atoms with E-state index in [0.29, 0.717) is 17.0 Å². The zero-order valence-electron chi connectivity index (χ0n) is 16.8. The summed E-state index contributed by atoms with van der Waals surface area (Å²) in [6, 6.07) is 6.52. The first-order valence-electron chi connectivity index (χ1n) is 9.19. The van der Waals surface area contributed by atoms with Crippen LogP contribution in [0.1, 0.15) is 29.1 Å². The Morgan fingerprint density at radius 1 is 1.03 bits per heavy atom. The molecular formula is C20H17F4N5O2S. The highest BCUT2D eigenvalue weighted by Gasteiger charge is 2.21. The molecule has 32 heavy (non-hydrogen) atoms. The predicted molar refractivity (Wildman–Crippen MR) is 109 cm³/mol. The van der Waals surface area contributed by atoms with Crippen molar-refractivity contribution < 1.29 is 27.2 Å². The number of benzene rings is 2. The van der Waals surface area contributed by atoms with Crippen molar-refractivity contribution in [2.45, 2.75) is 18.1 Å². The quantitative estimate of drug-likeness (QED) is 0.315. The second-order valence-electron chi connectivity index (χ2n) is 6.63. The molecule has 1 aromatic heterocycles. The molecule has 2 amide bonds. The van der Waals surface area contributed by atoms with Crippen LogP contribution >= 0.6 is 11.8 Å². The van der Waals surface area contributed by atoms with Crippen molar-refractivity contribution in [1.29, 1.82) is 0 Å². The third kappa shape index (κ3) is 5.07. The number of aromatic nitrogens is 3. The van der Waals surface area contributed by atoms with Gasteiger partial charge in [0.05, 0.1) is 23.0 Å². The molecule has 2 N–H and O–H groups in total. The maximum Gasteiger partial charge on any atom is 0.254 e. The summed E-state index contributed by atoms with van der Waals surface area (Å²) >= 11 is 0.958. The number of rotatable bonds is 7. The van der Waals surface area contributed by atoms with E-state index in [9.17, 15) is 27.2 Å². The topological polar surface area (TPSA) is 88.9 Å². The van der Waals surface area contributed by atoms with Crippen LogP contribution in [0, 0.1) is 23.3 Å². The molecule has 168 valence electrons. The maximum absolute atomic E-state index is 13.8. The summed E-state index contributed by atoms with van der Waals surface area (Å²) < 4.78 is 55.2. The van der Waals surface area contributed by atoms with Crippen molar-refractivity contribution in [2.75, 3.05) is 11.1 Å². The van der Waals surface area contributed by atoms with Gasteiger partial charge >= 0.3 is 0 Å². The molecule has 2 aromatic carbocycles. The Labute approximate surface area is 184 Å². The van der Waals surface area contributed by atoms with Crippen LogP contribution in [0.25, 0.3) is 0 Å². The second-order valence-corrected chi connectivity index (χ2v) is 7.58. The molecule has 0 aliphatic heterocycles. The Morgan fingerprint density at radius 3 is 2.47 bits per heavy atom. The Balaban J connectivity index is 1.61. The van der Waals surface area contributed by atoms with Gasteiger partial charge in [-0.15, -0.1) is 10.2 Å². The summed E-state index contributed by atoms with van der Waals surface area (Å²) in [6.45, 7) is 1.63.